The lowest BCUT2D eigenvalue weighted by atomic mass is 10.1. The van der Waals surface area contributed by atoms with Gasteiger partial charge in [0.25, 0.3) is 0 Å². The van der Waals surface area contributed by atoms with E-state index in [1.807, 2.05) is 13.0 Å². The predicted molar refractivity (Wildman–Crippen MR) is 195 cm³/mol. The first-order valence-electron chi connectivity index (χ1n) is 17.9. The molecule has 0 aliphatic rings. The number of benzene rings is 2. The van der Waals surface area contributed by atoms with Crippen molar-refractivity contribution in [2.24, 2.45) is 0 Å². The van der Waals surface area contributed by atoms with Gasteiger partial charge >= 0.3 is 5.97 Å². The highest BCUT2D eigenvalue weighted by molar-refractivity contribution is 5.96. The Morgan fingerprint density at radius 2 is 1.21 bits per heavy atom. The summed E-state index contributed by atoms with van der Waals surface area (Å²) in [6.45, 7) is 9.07. The SMILES string of the molecule is CCCC(NC(=O)Cc1cc(F)cc(F)c1)C(=O)O.CCCCNC(C)CCc1ccc(NC(=O)C(CCC)NC(=O)Cc2cc(F)cc(F)c2)nc1. The summed E-state index contributed by atoms with van der Waals surface area (Å²) in [5.74, 6) is -5.20. The first-order chi connectivity index (χ1) is 25.2. The Bertz CT molecular complexity index is 1590. The molecule has 1 aromatic heterocycles. The van der Waals surface area contributed by atoms with E-state index in [0.29, 0.717) is 43.6 Å². The lowest BCUT2D eigenvalue weighted by Gasteiger charge is -2.18. The number of nitrogens with one attached hydrogen (secondary N) is 4. The van der Waals surface area contributed by atoms with Crippen LogP contribution in [0, 0.1) is 23.3 Å². The number of anilines is 1. The van der Waals surface area contributed by atoms with Gasteiger partial charge in [-0.1, -0.05) is 46.1 Å². The lowest BCUT2D eigenvalue weighted by Crippen LogP contribution is -2.44. The number of aliphatic carboxylic acids is 1. The van der Waals surface area contributed by atoms with Gasteiger partial charge in [-0.15, -0.1) is 0 Å². The maximum Gasteiger partial charge on any atom is 0.326 e. The first-order valence-corrected chi connectivity index (χ1v) is 17.9. The summed E-state index contributed by atoms with van der Waals surface area (Å²) in [5.41, 5.74) is 1.45. The number of amides is 3. The van der Waals surface area contributed by atoms with Crippen molar-refractivity contribution in [3.05, 3.63) is 94.7 Å². The molecule has 3 unspecified atom stereocenters. The average Bonchev–Trinajstić information content (AvgIpc) is 3.07. The molecular weight excluding hydrogens is 694 g/mol. The normalized spacial score (nSPS) is 12.5. The average molecular weight is 746 g/mol. The number of pyridine rings is 1. The van der Waals surface area contributed by atoms with Gasteiger partial charge in [0.1, 0.15) is 41.2 Å². The van der Waals surface area contributed by atoms with Crippen molar-refractivity contribution in [2.45, 2.75) is 110 Å². The van der Waals surface area contributed by atoms with Crippen molar-refractivity contribution in [2.75, 3.05) is 11.9 Å². The molecule has 3 amide bonds. The van der Waals surface area contributed by atoms with Crippen LogP contribution in [0.25, 0.3) is 0 Å². The van der Waals surface area contributed by atoms with Crippen LogP contribution in [0.3, 0.4) is 0 Å². The molecule has 0 fully saturated rings. The van der Waals surface area contributed by atoms with Crippen LogP contribution >= 0.6 is 0 Å². The number of hydrogen-bond donors (Lipinski definition) is 5. The third kappa shape index (κ3) is 18.0. The Morgan fingerprint density at radius 1 is 0.698 bits per heavy atom. The Labute approximate surface area is 308 Å². The van der Waals surface area contributed by atoms with E-state index in [1.54, 1.807) is 19.2 Å². The molecule has 5 N–H and O–H groups in total. The van der Waals surface area contributed by atoms with Crippen LogP contribution in [0.15, 0.2) is 54.7 Å². The van der Waals surface area contributed by atoms with E-state index in [4.69, 9.17) is 5.11 Å². The third-order valence-electron chi connectivity index (χ3n) is 7.98. The quantitative estimate of drug-likeness (QED) is 0.0663. The number of carbonyl (C=O) groups excluding carboxylic acids is 3. The zero-order valence-corrected chi connectivity index (χ0v) is 30.7. The van der Waals surface area contributed by atoms with Gasteiger partial charge in [-0.3, -0.25) is 14.4 Å². The van der Waals surface area contributed by atoms with E-state index < -0.39 is 53.1 Å². The number of aromatic nitrogens is 1. The molecule has 0 bridgehead atoms. The van der Waals surface area contributed by atoms with Gasteiger partial charge in [0.15, 0.2) is 0 Å². The van der Waals surface area contributed by atoms with Gasteiger partial charge in [0, 0.05) is 24.4 Å². The minimum absolute atomic E-state index is 0.163. The number of hydrogen-bond acceptors (Lipinski definition) is 6. The fourth-order valence-electron chi connectivity index (χ4n) is 5.26. The number of carboxylic acid groups (broad SMARTS) is 1. The van der Waals surface area contributed by atoms with Crippen LogP contribution in [0.1, 0.15) is 89.3 Å². The molecule has 53 heavy (non-hydrogen) atoms. The maximum atomic E-state index is 13.4. The van der Waals surface area contributed by atoms with Gasteiger partial charge in [0.2, 0.25) is 17.7 Å². The second-order valence-corrected chi connectivity index (χ2v) is 12.9. The fraction of sp³-hybridized carbons (Fsp3) is 0.462. The van der Waals surface area contributed by atoms with Crippen LogP contribution in [-0.4, -0.2) is 58.5 Å². The number of unbranched alkanes of at least 4 members (excludes halogenated alkanes) is 1. The smallest absolute Gasteiger partial charge is 0.326 e. The highest BCUT2D eigenvalue weighted by Gasteiger charge is 2.21. The molecule has 0 aliphatic carbocycles. The summed E-state index contributed by atoms with van der Waals surface area (Å²) in [5, 5.41) is 20.1. The molecule has 0 radical (unpaired) electrons. The predicted octanol–water partition coefficient (Wildman–Crippen LogP) is 6.41. The molecular formula is C39H51F4N5O5. The summed E-state index contributed by atoms with van der Waals surface area (Å²) >= 11 is 0. The van der Waals surface area contributed by atoms with Crippen molar-refractivity contribution in [3.8, 4) is 0 Å². The Morgan fingerprint density at radius 3 is 1.66 bits per heavy atom. The molecule has 0 spiro atoms. The molecule has 290 valence electrons. The minimum Gasteiger partial charge on any atom is -0.480 e. The number of halogens is 4. The Kier molecular flexibility index (Phi) is 19.8. The standard InChI is InChI=1S/C26H36F2N4O2.C13H15F2NO3/c1-4-6-12-29-18(3)8-9-19-10-11-24(30-17-19)32-26(34)23(7-5-2)31-25(33)15-20-13-21(27)16-22(28)14-20;1-2-3-11(13(18)19)16-12(17)6-8-4-9(14)7-10(15)5-8/h10-11,13-14,16-18,23,29H,4-9,12,15H2,1-3H3,(H,31,33)(H,30,32,34);4-5,7,11H,2-3,6H2,1H3,(H,16,17)(H,18,19). The molecule has 10 nitrogen and oxygen atoms in total. The number of carbonyl (C=O) groups is 4. The number of rotatable bonds is 20. The second-order valence-electron chi connectivity index (χ2n) is 12.9. The number of nitrogens with zero attached hydrogens (tertiary/aromatic N) is 1. The molecule has 3 rings (SSSR count). The molecule has 0 saturated heterocycles. The topological polar surface area (TPSA) is 150 Å². The summed E-state index contributed by atoms with van der Waals surface area (Å²) < 4.78 is 52.6. The zero-order chi connectivity index (χ0) is 39.3. The Balaban J connectivity index is 0.000000432. The number of carboxylic acids is 1. The second kappa shape index (κ2) is 23.7. The van der Waals surface area contributed by atoms with Gasteiger partial charge in [-0.05, 0) is 92.6 Å². The third-order valence-corrected chi connectivity index (χ3v) is 7.98. The van der Waals surface area contributed by atoms with Crippen molar-refractivity contribution in [3.63, 3.8) is 0 Å². The fourth-order valence-corrected chi connectivity index (χ4v) is 5.26. The van der Waals surface area contributed by atoms with Gasteiger partial charge in [-0.25, -0.2) is 27.3 Å². The van der Waals surface area contributed by atoms with Crippen LogP contribution in [-0.2, 0) is 38.4 Å². The summed E-state index contributed by atoms with van der Waals surface area (Å²) in [6, 6.07) is 8.11. The highest BCUT2D eigenvalue weighted by Crippen LogP contribution is 2.12. The highest BCUT2D eigenvalue weighted by atomic mass is 19.1. The van der Waals surface area contributed by atoms with Crippen molar-refractivity contribution in [1.82, 2.24) is 20.9 Å². The van der Waals surface area contributed by atoms with Crippen molar-refractivity contribution < 1.29 is 41.8 Å². The van der Waals surface area contributed by atoms with Crippen LogP contribution in [0.2, 0.25) is 0 Å². The molecule has 0 saturated carbocycles. The van der Waals surface area contributed by atoms with Crippen LogP contribution < -0.4 is 21.3 Å². The summed E-state index contributed by atoms with van der Waals surface area (Å²) in [4.78, 5) is 51.9. The molecule has 2 aromatic carbocycles. The minimum atomic E-state index is -1.12. The maximum absolute atomic E-state index is 13.4. The van der Waals surface area contributed by atoms with E-state index in [1.165, 1.54) is 12.8 Å². The van der Waals surface area contributed by atoms with Crippen LogP contribution in [0.4, 0.5) is 23.4 Å². The number of aryl methyl sites for hydroxylation is 1. The van der Waals surface area contributed by atoms with E-state index in [2.05, 4.69) is 40.1 Å². The molecule has 3 aromatic rings. The molecule has 1 heterocycles. The van der Waals surface area contributed by atoms with Crippen LogP contribution in [0.5, 0.6) is 0 Å². The lowest BCUT2D eigenvalue weighted by molar-refractivity contribution is -0.142. The van der Waals surface area contributed by atoms with E-state index in [-0.39, 0.29) is 29.9 Å². The van der Waals surface area contributed by atoms with E-state index >= 15 is 0 Å². The van der Waals surface area contributed by atoms with Crippen molar-refractivity contribution in [1.29, 1.82) is 0 Å². The molecule has 3 atom stereocenters. The van der Waals surface area contributed by atoms with Crippen molar-refractivity contribution >= 4 is 29.5 Å². The largest absolute Gasteiger partial charge is 0.480 e. The summed E-state index contributed by atoms with van der Waals surface area (Å²) in [7, 11) is 0. The van der Waals surface area contributed by atoms with E-state index in [0.717, 1.165) is 55.3 Å². The van der Waals surface area contributed by atoms with Gasteiger partial charge in [-0.2, -0.15) is 0 Å². The van der Waals surface area contributed by atoms with Gasteiger partial charge in [0.05, 0.1) is 12.8 Å². The molecule has 14 heteroatoms. The van der Waals surface area contributed by atoms with E-state index in [9.17, 15) is 36.7 Å². The monoisotopic (exact) mass is 745 g/mol. The zero-order valence-electron chi connectivity index (χ0n) is 30.7. The van der Waals surface area contributed by atoms with Gasteiger partial charge < -0.3 is 26.4 Å². The first kappa shape index (κ1) is 44.3. The molecule has 0 aliphatic heterocycles. The summed E-state index contributed by atoms with van der Waals surface area (Å²) in [6.07, 6.45) is 7.50. The Hall–Kier alpha value is -4.85.